The molecule has 0 atom stereocenters. The molecule has 4 aromatic rings. The summed E-state index contributed by atoms with van der Waals surface area (Å²) < 4.78 is 1.65. The summed E-state index contributed by atoms with van der Waals surface area (Å²) in [6.07, 6.45) is 1.79. The highest BCUT2D eigenvalue weighted by Gasteiger charge is 2.23. The molecule has 2 aromatic heterocycles. The van der Waals surface area contributed by atoms with E-state index in [0.717, 1.165) is 35.7 Å². The van der Waals surface area contributed by atoms with E-state index in [1.807, 2.05) is 73.3 Å². The van der Waals surface area contributed by atoms with Crippen LogP contribution < -0.4 is 10.5 Å². The van der Waals surface area contributed by atoms with E-state index in [1.54, 1.807) is 16.8 Å². The molecule has 1 fully saturated rings. The van der Waals surface area contributed by atoms with Gasteiger partial charge in [-0.2, -0.15) is 0 Å². The molecule has 1 amide bonds. The Kier molecular flexibility index (Phi) is 6.55. The predicted molar refractivity (Wildman–Crippen MR) is 141 cm³/mol. The van der Waals surface area contributed by atoms with Crippen LogP contribution in [0.5, 0.6) is 0 Å². The van der Waals surface area contributed by atoms with Gasteiger partial charge in [0.05, 0.1) is 22.3 Å². The van der Waals surface area contributed by atoms with Gasteiger partial charge in [0.15, 0.2) is 5.16 Å². The predicted octanol–water partition coefficient (Wildman–Crippen LogP) is 3.84. The molecule has 0 bridgehead atoms. The van der Waals surface area contributed by atoms with Gasteiger partial charge in [-0.05, 0) is 55.3 Å². The fraction of sp³-hybridized carbons (Fsp3) is 0.259. The second kappa shape index (κ2) is 9.92. The molecule has 1 aliphatic rings. The first-order valence-electron chi connectivity index (χ1n) is 11.7. The van der Waals surface area contributed by atoms with Gasteiger partial charge in [-0.1, -0.05) is 42.1 Å². The number of amides is 1. The number of hydrogen-bond acceptors (Lipinski definition) is 6. The van der Waals surface area contributed by atoms with Crippen LogP contribution in [0.3, 0.4) is 0 Å². The number of para-hydroxylation sites is 1. The normalized spacial score (nSPS) is 13.9. The number of carbonyl (C=O) groups excluding carboxylic acids is 1. The molecule has 0 aliphatic carbocycles. The van der Waals surface area contributed by atoms with Gasteiger partial charge >= 0.3 is 0 Å². The maximum atomic E-state index is 13.5. The zero-order valence-electron chi connectivity index (χ0n) is 19.8. The van der Waals surface area contributed by atoms with Crippen LogP contribution in [0.2, 0.25) is 0 Å². The van der Waals surface area contributed by atoms with Crippen LogP contribution in [0.25, 0.3) is 16.6 Å². The van der Waals surface area contributed by atoms with Crippen LogP contribution in [0.4, 0.5) is 5.82 Å². The minimum Gasteiger partial charge on any atom is -0.353 e. The Bertz CT molecular complexity index is 1430. The van der Waals surface area contributed by atoms with Gasteiger partial charge in [0.1, 0.15) is 5.82 Å². The van der Waals surface area contributed by atoms with E-state index in [1.165, 1.54) is 11.8 Å². The third kappa shape index (κ3) is 4.66. The quantitative estimate of drug-likeness (QED) is 0.316. The number of nitrogens with zero attached hydrogens (tertiary/aromatic N) is 5. The molecular weight excluding hydrogens is 458 g/mol. The molecule has 0 radical (unpaired) electrons. The number of benzene rings is 2. The summed E-state index contributed by atoms with van der Waals surface area (Å²) in [6.45, 7) is 6.81. The number of thioether (sulfide) groups is 1. The molecule has 178 valence electrons. The maximum absolute atomic E-state index is 13.5. The van der Waals surface area contributed by atoms with Crippen LogP contribution >= 0.6 is 11.8 Å². The number of aromatic nitrogens is 3. The average molecular weight is 486 g/mol. The number of anilines is 1. The van der Waals surface area contributed by atoms with Gasteiger partial charge in [-0.3, -0.25) is 14.2 Å². The third-order valence-corrected chi connectivity index (χ3v) is 7.42. The molecule has 0 spiro atoms. The maximum Gasteiger partial charge on any atom is 0.266 e. The third-order valence-electron chi connectivity index (χ3n) is 6.49. The number of fused-ring (bicyclic) bond motifs is 1. The van der Waals surface area contributed by atoms with Crippen LogP contribution in [-0.4, -0.2) is 57.3 Å². The van der Waals surface area contributed by atoms with Crippen molar-refractivity contribution in [3.63, 3.8) is 0 Å². The summed E-state index contributed by atoms with van der Waals surface area (Å²) in [4.78, 5) is 39.9. The second-order valence-electron chi connectivity index (χ2n) is 8.62. The monoisotopic (exact) mass is 485 g/mol. The minimum absolute atomic E-state index is 0.0468. The highest BCUT2D eigenvalue weighted by molar-refractivity contribution is 7.99. The Morgan fingerprint density at radius 1 is 0.943 bits per heavy atom. The molecule has 5 rings (SSSR count). The number of piperazine rings is 1. The number of carbonyl (C=O) groups is 1. The summed E-state index contributed by atoms with van der Waals surface area (Å²) in [5.41, 5.74) is 3.43. The molecule has 0 unspecified atom stereocenters. The van der Waals surface area contributed by atoms with Gasteiger partial charge in [0.25, 0.3) is 5.56 Å². The van der Waals surface area contributed by atoms with Gasteiger partial charge in [-0.25, -0.2) is 9.97 Å². The molecular formula is C27H27N5O2S. The van der Waals surface area contributed by atoms with Gasteiger partial charge in [0, 0.05) is 32.4 Å². The standard InChI is InChI=1S/C27H27N5O2S/c1-19-8-7-11-23(20(19)2)32-26(34)21-9-3-4-10-22(21)29-27(32)35-18-25(33)31-16-14-30(15-17-31)24-12-5-6-13-28-24/h3-13H,14-18H2,1-2H3. The molecule has 1 aliphatic heterocycles. The molecule has 2 aromatic carbocycles. The van der Waals surface area contributed by atoms with Crippen LogP contribution in [0.1, 0.15) is 11.1 Å². The molecule has 35 heavy (non-hydrogen) atoms. The molecule has 0 N–H and O–H groups in total. The molecule has 3 heterocycles. The lowest BCUT2D eigenvalue weighted by atomic mass is 10.1. The van der Waals surface area contributed by atoms with Crippen molar-refractivity contribution in [3.05, 3.63) is 88.3 Å². The zero-order valence-corrected chi connectivity index (χ0v) is 20.7. The Morgan fingerprint density at radius 2 is 1.71 bits per heavy atom. The zero-order chi connectivity index (χ0) is 24.4. The Balaban J connectivity index is 1.38. The highest BCUT2D eigenvalue weighted by atomic mass is 32.2. The fourth-order valence-electron chi connectivity index (χ4n) is 4.34. The number of pyridine rings is 1. The average Bonchev–Trinajstić information content (AvgIpc) is 2.90. The summed E-state index contributed by atoms with van der Waals surface area (Å²) in [5.74, 6) is 1.21. The highest BCUT2D eigenvalue weighted by Crippen LogP contribution is 2.25. The summed E-state index contributed by atoms with van der Waals surface area (Å²) in [7, 11) is 0. The molecule has 7 nitrogen and oxygen atoms in total. The Labute approximate surface area is 208 Å². The number of rotatable bonds is 5. The topological polar surface area (TPSA) is 71.3 Å². The number of aryl methyl sites for hydroxylation is 1. The molecule has 8 heteroatoms. The smallest absolute Gasteiger partial charge is 0.266 e. The van der Waals surface area contributed by atoms with E-state index in [0.29, 0.717) is 29.1 Å². The lowest BCUT2D eigenvalue weighted by Crippen LogP contribution is -2.49. The van der Waals surface area contributed by atoms with Crippen molar-refractivity contribution in [3.8, 4) is 5.69 Å². The van der Waals surface area contributed by atoms with Gasteiger partial charge in [-0.15, -0.1) is 0 Å². The van der Waals surface area contributed by atoms with Crippen LogP contribution in [0.15, 0.2) is 76.8 Å². The van der Waals surface area contributed by atoms with E-state index in [2.05, 4.69) is 9.88 Å². The number of hydrogen-bond donors (Lipinski definition) is 0. The van der Waals surface area contributed by atoms with Crippen LogP contribution in [-0.2, 0) is 4.79 Å². The summed E-state index contributed by atoms with van der Waals surface area (Å²) in [6, 6.07) is 19.1. The van der Waals surface area contributed by atoms with Crippen molar-refractivity contribution in [1.29, 1.82) is 0 Å². The first kappa shape index (κ1) is 23.1. The fourth-order valence-corrected chi connectivity index (χ4v) is 5.25. The molecule has 1 saturated heterocycles. The van der Waals surface area contributed by atoms with Crippen molar-refractivity contribution < 1.29 is 4.79 Å². The van der Waals surface area contributed by atoms with E-state index in [4.69, 9.17) is 4.98 Å². The largest absolute Gasteiger partial charge is 0.353 e. The van der Waals surface area contributed by atoms with Crippen molar-refractivity contribution in [2.24, 2.45) is 0 Å². The van der Waals surface area contributed by atoms with E-state index in [-0.39, 0.29) is 17.2 Å². The molecule has 0 saturated carbocycles. The summed E-state index contributed by atoms with van der Waals surface area (Å²) >= 11 is 1.32. The van der Waals surface area contributed by atoms with Gasteiger partial charge < -0.3 is 9.80 Å². The van der Waals surface area contributed by atoms with Crippen LogP contribution in [0, 0.1) is 13.8 Å². The first-order chi connectivity index (χ1) is 17.0. The summed E-state index contributed by atoms with van der Waals surface area (Å²) in [5, 5.41) is 1.09. The Hall–Kier alpha value is -3.65. The van der Waals surface area contributed by atoms with Gasteiger partial charge in [0.2, 0.25) is 5.91 Å². The van der Waals surface area contributed by atoms with Crippen molar-refractivity contribution >= 4 is 34.4 Å². The lowest BCUT2D eigenvalue weighted by Gasteiger charge is -2.35. The van der Waals surface area contributed by atoms with Crippen molar-refractivity contribution in [1.82, 2.24) is 19.4 Å². The SMILES string of the molecule is Cc1cccc(-n2c(SCC(=O)N3CCN(c4ccccn4)CC3)nc3ccccc3c2=O)c1C. The first-order valence-corrected chi connectivity index (χ1v) is 12.7. The van der Waals surface area contributed by atoms with E-state index < -0.39 is 0 Å². The van der Waals surface area contributed by atoms with Crippen molar-refractivity contribution in [2.45, 2.75) is 19.0 Å². The second-order valence-corrected chi connectivity index (χ2v) is 9.56. The Morgan fingerprint density at radius 3 is 2.49 bits per heavy atom. The van der Waals surface area contributed by atoms with Crippen molar-refractivity contribution in [2.75, 3.05) is 36.8 Å². The minimum atomic E-state index is -0.122. The van der Waals surface area contributed by atoms with E-state index >= 15 is 0 Å². The van der Waals surface area contributed by atoms with E-state index in [9.17, 15) is 9.59 Å². The lowest BCUT2D eigenvalue weighted by molar-refractivity contribution is -0.128.